The zero-order chi connectivity index (χ0) is 21.7. The van der Waals surface area contributed by atoms with Crippen molar-refractivity contribution < 1.29 is 14.3 Å². The van der Waals surface area contributed by atoms with E-state index in [0.717, 1.165) is 15.6 Å². The highest BCUT2D eigenvalue weighted by Gasteiger charge is 2.35. The second-order valence-corrected chi connectivity index (χ2v) is 8.25. The zero-order valence-electron chi connectivity index (χ0n) is 17.3. The fourth-order valence-corrected chi connectivity index (χ4v) is 3.77. The Morgan fingerprint density at radius 3 is 2.60 bits per heavy atom. The lowest BCUT2D eigenvalue weighted by Gasteiger charge is -2.32. The van der Waals surface area contributed by atoms with E-state index in [-0.39, 0.29) is 17.9 Å². The number of benzene rings is 2. The van der Waals surface area contributed by atoms with E-state index >= 15 is 0 Å². The molecule has 1 aliphatic rings. The number of carbonyl (C=O) groups excluding carboxylic acids is 2. The average molecular weight is 472 g/mol. The van der Waals surface area contributed by atoms with Crippen molar-refractivity contribution in [1.82, 2.24) is 16.0 Å². The van der Waals surface area contributed by atoms with Crippen molar-refractivity contribution >= 4 is 27.9 Å². The van der Waals surface area contributed by atoms with E-state index in [4.69, 9.17) is 4.74 Å². The Morgan fingerprint density at radius 1 is 1.20 bits per heavy atom. The number of carbonyl (C=O) groups is 2. The first-order chi connectivity index (χ1) is 14.4. The van der Waals surface area contributed by atoms with Crippen LogP contribution in [0.3, 0.4) is 0 Å². The molecule has 2 aromatic carbocycles. The summed E-state index contributed by atoms with van der Waals surface area (Å²) in [7, 11) is 0. The van der Waals surface area contributed by atoms with Gasteiger partial charge in [0.15, 0.2) is 0 Å². The Balaban J connectivity index is 2.04. The first-order valence-corrected chi connectivity index (χ1v) is 10.8. The van der Waals surface area contributed by atoms with Gasteiger partial charge in [-0.25, -0.2) is 4.79 Å². The number of amides is 3. The Labute approximate surface area is 185 Å². The number of ether oxygens (including phenoxy) is 1. The molecule has 3 rings (SSSR count). The molecule has 2 aromatic rings. The summed E-state index contributed by atoms with van der Waals surface area (Å²) in [5, 5.41) is 8.58. The molecule has 7 heteroatoms. The predicted octanol–water partition coefficient (Wildman–Crippen LogP) is 4.43. The first-order valence-electron chi connectivity index (χ1n) is 9.96. The lowest BCUT2D eigenvalue weighted by molar-refractivity contribution is -0.117. The second kappa shape index (κ2) is 9.80. The van der Waals surface area contributed by atoms with Crippen molar-refractivity contribution in [2.45, 2.75) is 33.4 Å². The van der Waals surface area contributed by atoms with E-state index in [0.29, 0.717) is 30.2 Å². The lowest BCUT2D eigenvalue weighted by Crippen LogP contribution is -2.48. The standard InChI is InChI=1S/C23H26BrN3O3/c1-4-25-22(28)19-20(14(2)3)26-23(29)27-21(19)17-12-16(24)10-11-18(17)30-13-15-8-6-5-7-9-15/h5-12,14,21H,4,13H2,1-3H3,(H,25,28)(H2,26,27,29). The van der Waals surface area contributed by atoms with Crippen LogP contribution in [-0.4, -0.2) is 18.5 Å². The Bertz CT molecular complexity index is 957. The van der Waals surface area contributed by atoms with E-state index in [9.17, 15) is 9.59 Å². The van der Waals surface area contributed by atoms with Crippen LogP contribution in [0.2, 0.25) is 0 Å². The summed E-state index contributed by atoms with van der Waals surface area (Å²) in [6, 6.07) is 14.5. The molecule has 0 bridgehead atoms. The smallest absolute Gasteiger partial charge is 0.319 e. The van der Waals surface area contributed by atoms with Gasteiger partial charge in [0.25, 0.3) is 5.91 Å². The van der Waals surface area contributed by atoms with Crippen LogP contribution in [0.15, 0.2) is 64.3 Å². The van der Waals surface area contributed by atoms with Crippen molar-refractivity contribution in [1.29, 1.82) is 0 Å². The van der Waals surface area contributed by atoms with E-state index in [1.807, 2.05) is 69.3 Å². The molecule has 3 amide bonds. The number of rotatable bonds is 7. The van der Waals surface area contributed by atoms with Crippen molar-refractivity contribution in [2.75, 3.05) is 6.54 Å². The normalized spacial score (nSPS) is 16.2. The van der Waals surface area contributed by atoms with Crippen LogP contribution in [0.25, 0.3) is 0 Å². The number of nitrogens with one attached hydrogen (secondary N) is 3. The Kier molecular flexibility index (Phi) is 7.15. The van der Waals surface area contributed by atoms with Gasteiger partial charge in [0.05, 0.1) is 11.6 Å². The van der Waals surface area contributed by atoms with Gasteiger partial charge in [-0.15, -0.1) is 0 Å². The molecule has 30 heavy (non-hydrogen) atoms. The minimum atomic E-state index is -0.633. The van der Waals surface area contributed by atoms with Gasteiger partial charge in [-0.1, -0.05) is 60.1 Å². The molecule has 6 nitrogen and oxygen atoms in total. The highest BCUT2D eigenvalue weighted by molar-refractivity contribution is 9.10. The molecular formula is C23H26BrN3O3. The van der Waals surface area contributed by atoms with Gasteiger partial charge < -0.3 is 20.7 Å². The number of hydrogen-bond donors (Lipinski definition) is 3. The summed E-state index contributed by atoms with van der Waals surface area (Å²) in [4.78, 5) is 25.4. The maximum absolute atomic E-state index is 13.0. The summed E-state index contributed by atoms with van der Waals surface area (Å²) < 4.78 is 6.94. The summed E-state index contributed by atoms with van der Waals surface area (Å²) in [6.45, 7) is 6.64. The molecular weight excluding hydrogens is 446 g/mol. The maximum Gasteiger partial charge on any atom is 0.319 e. The van der Waals surface area contributed by atoms with Crippen LogP contribution in [-0.2, 0) is 11.4 Å². The van der Waals surface area contributed by atoms with Gasteiger partial charge in [-0.2, -0.15) is 0 Å². The van der Waals surface area contributed by atoms with Gasteiger partial charge in [0.1, 0.15) is 12.4 Å². The Morgan fingerprint density at radius 2 is 1.93 bits per heavy atom. The molecule has 1 heterocycles. The minimum Gasteiger partial charge on any atom is -0.489 e. The van der Waals surface area contributed by atoms with E-state index < -0.39 is 6.04 Å². The van der Waals surface area contributed by atoms with E-state index in [1.54, 1.807) is 0 Å². The summed E-state index contributed by atoms with van der Waals surface area (Å²) in [5.41, 5.74) is 2.86. The molecule has 0 fully saturated rings. The largest absolute Gasteiger partial charge is 0.489 e. The van der Waals surface area contributed by atoms with Crippen LogP contribution < -0.4 is 20.7 Å². The van der Waals surface area contributed by atoms with Crippen molar-refractivity contribution in [3.63, 3.8) is 0 Å². The van der Waals surface area contributed by atoms with E-state index in [1.165, 1.54) is 0 Å². The third-order valence-corrected chi connectivity index (χ3v) is 5.28. The number of allylic oxidation sites excluding steroid dienone is 1. The third-order valence-electron chi connectivity index (χ3n) is 4.78. The number of urea groups is 1. The summed E-state index contributed by atoms with van der Waals surface area (Å²) in [6.07, 6.45) is 0. The highest BCUT2D eigenvalue weighted by Crippen LogP contribution is 2.36. The van der Waals surface area contributed by atoms with Crippen LogP contribution in [0.1, 0.15) is 37.9 Å². The number of halogens is 1. The number of hydrogen-bond acceptors (Lipinski definition) is 3. The second-order valence-electron chi connectivity index (χ2n) is 7.33. The molecule has 0 saturated carbocycles. The molecule has 0 saturated heterocycles. The zero-order valence-corrected chi connectivity index (χ0v) is 18.9. The van der Waals surface area contributed by atoms with Crippen LogP contribution >= 0.6 is 15.9 Å². The minimum absolute atomic E-state index is 0.0306. The van der Waals surface area contributed by atoms with Gasteiger partial charge in [-0.3, -0.25) is 4.79 Å². The molecule has 3 N–H and O–H groups in total. The van der Waals surface area contributed by atoms with Crippen LogP contribution in [0.5, 0.6) is 5.75 Å². The SMILES string of the molecule is CCNC(=O)C1=C(C(C)C)NC(=O)NC1c1cc(Br)ccc1OCc1ccccc1. The lowest BCUT2D eigenvalue weighted by atomic mass is 9.90. The monoisotopic (exact) mass is 471 g/mol. The molecule has 1 aliphatic heterocycles. The van der Waals surface area contributed by atoms with Gasteiger partial charge in [-0.05, 0) is 36.6 Å². The highest BCUT2D eigenvalue weighted by atomic mass is 79.9. The molecule has 1 unspecified atom stereocenters. The molecule has 0 radical (unpaired) electrons. The molecule has 0 aromatic heterocycles. The third kappa shape index (κ3) is 5.02. The van der Waals surface area contributed by atoms with Crippen LogP contribution in [0.4, 0.5) is 4.79 Å². The predicted molar refractivity (Wildman–Crippen MR) is 120 cm³/mol. The summed E-state index contributed by atoms with van der Waals surface area (Å²) in [5.74, 6) is 0.365. The average Bonchev–Trinajstić information content (AvgIpc) is 2.73. The van der Waals surface area contributed by atoms with Crippen molar-refractivity contribution in [3.05, 3.63) is 75.4 Å². The van der Waals surface area contributed by atoms with Gasteiger partial charge in [0, 0.05) is 22.3 Å². The van der Waals surface area contributed by atoms with E-state index in [2.05, 4.69) is 31.9 Å². The topological polar surface area (TPSA) is 79.5 Å². The van der Waals surface area contributed by atoms with Crippen LogP contribution in [0, 0.1) is 5.92 Å². The summed E-state index contributed by atoms with van der Waals surface area (Å²) >= 11 is 3.51. The number of likely N-dealkylation sites (N-methyl/N-ethyl adjacent to an activating group) is 1. The van der Waals surface area contributed by atoms with Crippen molar-refractivity contribution in [3.8, 4) is 5.75 Å². The van der Waals surface area contributed by atoms with Gasteiger partial charge in [0.2, 0.25) is 0 Å². The Hall–Kier alpha value is -2.80. The molecule has 0 aliphatic carbocycles. The molecule has 0 spiro atoms. The first kappa shape index (κ1) is 21.9. The molecule has 1 atom stereocenters. The fourth-order valence-electron chi connectivity index (χ4n) is 3.39. The molecule has 158 valence electrons. The fraction of sp³-hybridized carbons (Fsp3) is 0.304. The van der Waals surface area contributed by atoms with Gasteiger partial charge >= 0.3 is 6.03 Å². The van der Waals surface area contributed by atoms with Crippen molar-refractivity contribution in [2.24, 2.45) is 5.92 Å². The maximum atomic E-state index is 13.0. The quantitative estimate of drug-likeness (QED) is 0.558.